The van der Waals surface area contributed by atoms with Crippen molar-refractivity contribution in [2.75, 3.05) is 17.7 Å². The van der Waals surface area contributed by atoms with E-state index < -0.39 is 22.9 Å². The summed E-state index contributed by atoms with van der Waals surface area (Å²) in [5, 5.41) is 16.6. The second-order valence-corrected chi connectivity index (χ2v) is 6.69. The van der Waals surface area contributed by atoms with E-state index in [-0.39, 0.29) is 11.3 Å². The molecule has 8 heteroatoms. The zero-order valence-electron chi connectivity index (χ0n) is 17.0. The summed E-state index contributed by atoms with van der Waals surface area (Å²) in [6, 6.07) is 20.7. The predicted molar refractivity (Wildman–Crippen MR) is 118 cm³/mol. The summed E-state index contributed by atoms with van der Waals surface area (Å²) in [5.41, 5.74) is 2.41. The molecule has 31 heavy (non-hydrogen) atoms. The van der Waals surface area contributed by atoms with Gasteiger partial charge in [-0.25, -0.2) is 4.79 Å². The molecule has 0 aliphatic heterocycles. The number of anilines is 2. The highest BCUT2D eigenvalue weighted by atomic mass is 16.6. The number of nitrogens with zero attached hydrogens (tertiary/aromatic N) is 1. The Balaban J connectivity index is 1.76. The van der Waals surface area contributed by atoms with Gasteiger partial charge in [-0.2, -0.15) is 0 Å². The van der Waals surface area contributed by atoms with Gasteiger partial charge < -0.3 is 15.4 Å². The number of carbonyl (C=O) groups excluding carboxylic acids is 2. The summed E-state index contributed by atoms with van der Waals surface area (Å²) >= 11 is 0. The molecule has 0 radical (unpaired) electrons. The van der Waals surface area contributed by atoms with Crippen molar-refractivity contribution in [3.63, 3.8) is 0 Å². The van der Waals surface area contributed by atoms with E-state index in [2.05, 4.69) is 10.6 Å². The lowest BCUT2D eigenvalue weighted by Gasteiger charge is -2.16. The van der Waals surface area contributed by atoms with E-state index in [1.807, 2.05) is 42.5 Å². The highest BCUT2D eigenvalue weighted by Gasteiger charge is 2.23. The summed E-state index contributed by atoms with van der Waals surface area (Å²) in [4.78, 5) is 35.7. The van der Waals surface area contributed by atoms with E-state index in [1.165, 1.54) is 19.1 Å². The quantitative estimate of drug-likeness (QED) is 0.332. The molecule has 8 nitrogen and oxygen atoms in total. The van der Waals surface area contributed by atoms with Gasteiger partial charge in [0.1, 0.15) is 0 Å². The number of esters is 1. The number of nitro benzene ring substituents is 1. The number of hydrogen-bond acceptors (Lipinski definition) is 6. The van der Waals surface area contributed by atoms with Crippen LogP contribution in [0, 0.1) is 10.1 Å². The fourth-order valence-electron chi connectivity index (χ4n) is 3.01. The lowest BCUT2D eigenvalue weighted by atomic mass is 10.0. The maximum Gasteiger partial charge on any atom is 0.341 e. The molecule has 0 fully saturated rings. The number of non-ortho nitro benzene ring substituents is 1. The third kappa shape index (κ3) is 5.05. The molecule has 0 unspecified atom stereocenters. The van der Waals surface area contributed by atoms with Gasteiger partial charge in [0.15, 0.2) is 6.10 Å². The molecule has 1 atom stereocenters. The summed E-state index contributed by atoms with van der Waals surface area (Å²) in [7, 11) is 1.58. The Morgan fingerprint density at radius 1 is 0.968 bits per heavy atom. The Morgan fingerprint density at radius 3 is 2.32 bits per heavy atom. The van der Waals surface area contributed by atoms with Crippen LogP contribution in [0.5, 0.6) is 0 Å². The van der Waals surface area contributed by atoms with Gasteiger partial charge >= 0.3 is 5.97 Å². The van der Waals surface area contributed by atoms with Crippen molar-refractivity contribution in [3.8, 4) is 11.1 Å². The first-order valence-electron chi connectivity index (χ1n) is 9.53. The van der Waals surface area contributed by atoms with Crippen LogP contribution in [-0.4, -0.2) is 30.0 Å². The predicted octanol–water partition coefficient (Wildman–Crippen LogP) is 4.49. The third-order valence-electron chi connectivity index (χ3n) is 4.63. The van der Waals surface area contributed by atoms with E-state index in [0.29, 0.717) is 11.4 Å². The Labute approximate surface area is 179 Å². The average molecular weight is 419 g/mol. The van der Waals surface area contributed by atoms with Gasteiger partial charge in [-0.15, -0.1) is 0 Å². The van der Waals surface area contributed by atoms with Gasteiger partial charge in [-0.1, -0.05) is 48.5 Å². The summed E-state index contributed by atoms with van der Waals surface area (Å²) in [6.45, 7) is 1.44. The number of amides is 1. The van der Waals surface area contributed by atoms with E-state index in [4.69, 9.17) is 4.74 Å². The number of benzene rings is 3. The van der Waals surface area contributed by atoms with Crippen molar-refractivity contribution in [3.05, 3.63) is 88.5 Å². The van der Waals surface area contributed by atoms with Crippen LogP contribution in [0.2, 0.25) is 0 Å². The van der Waals surface area contributed by atoms with Crippen LogP contribution in [0.15, 0.2) is 72.8 Å². The van der Waals surface area contributed by atoms with Gasteiger partial charge in [0.2, 0.25) is 0 Å². The minimum absolute atomic E-state index is 0.0268. The molecule has 0 aliphatic carbocycles. The van der Waals surface area contributed by atoms with Crippen LogP contribution >= 0.6 is 0 Å². The monoisotopic (exact) mass is 419 g/mol. The van der Waals surface area contributed by atoms with Crippen LogP contribution in [-0.2, 0) is 9.53 Å². The minimum Gasteiger partial charge on any atom is -0.449 e. The van der Waals surface area contributed by atoms with Crippen LogP contribution in [0.1, 0.15) is 17.3 Å². The van der Waals surface area contributed by atoms with E-state index >= 15 is 0 Å². The Bertz CT molecular complexity index is 1120. The van der Waals surface area contributed by atoms with Crippen molar-refractivity contribution >= 4 is 28.9 Å². The first kappa shape index (κ1) is 21.5. The molecule has 0 saturated carbocycles. The van der Waals surface area contributed by atoms with Gasteiger partial charge in [-0.05, 0) is 24.6 Å². The second kappa shape index (κ2) is 9.53. The summed E-state index contributed by atoms with van der Waals surface area (Å²) < 4.78 is 5.28. The lowest BCUT2D eigenvalue weighted by Crippen LogP contribution is -2.30. The molecule has 0 aromatic heterocycles. The average Bonchev–Trinajstić information content (AvgIpc) is 2.79. The molecule has 158 valence electrons. The molecule has 0 bridgehead atoms. The number of nitro groups is 1. The molecular weight excluding hydrogens is 398 g/mol. The number of ether oxygens (including phenoxy) is 1. The summed E-state index contributed by atoms with van der Waals surface area (Å²) in [6.07, 6.45) is -1.12. The molecule has 0 saturated heterocycles. The number of rotatable bonds is 7. The number of nitrogens with one attached hydrogen (secondary N) is 2. The van der Waals surface area contributed by atoms with Crippen molar-refractivity contribution in [2.45, 2.75) is 13.0 Å². The van der Waals surface area contributed by atoms with Crippen LogP contribution in [0.25, 0.3) is 11.1 Å². The maximum atomic E-state index is 12.7. The Hall–Kier alpha value is -4.20. The van der Waals surface area contributed by atoms with E-state index in [1.54, 1.807) is 19.2 Å². The highest BCUT2D eigenvalue weighted by molar-refractivity contribution is 6.01. The topological polar surface area (TPSA) is 111 Å². The van der Waals surface area contributed by atoms with Crippen LogP contribution in [0.3, 0.4) is 0 Å². The van der Waals surface area contributed by atoms with Crippen molar-refractivity contribution in [1.29, 1.82) is 0 Å². The van der Waals surface area contributed by atoms with Crippen molar-refractivity contribution in [2.24, 2.45) is 0 Å². The zero-order chi connectivity index (χ0) is 22.4. The first-order chi connectivity index (χ1) is 14.9. The molecule has 2 N–H and O–H groups in total. The molecular formula is C23H21N3O5. The van der Waals surface area contributed by atoms with Gasteiger partial charge in [0.25, 0.3) is 11.6 Å². The molecule has 1 amide bonds. The SMILES string of the molecule is CNc1ccc([N+](=O)[O-])cc1C(=O)O[C@H](C)C(=O)Nc1ccccc1-c1ccccc1. The highest BCUT2D eigenvalue weighted by Crippen LogP contribution is 2.28. The number of carbonyl (C=O) groups is 2. The molecule has 0 spiro atoms. The molecule has 0 heterocycles. The molecule has 3 aromatic rings. The van der Waals surface area contributed by atoms with Crippen molar-refractivity contribution < 1.29 is 19.2 Å². The van der Waals surface area contributed by atoms with Crippen LogP contribution in [0.4, 0.5) is 17.1 Å². The van der Waals surface area contributed by atoms with Gasteiger partial charge in [-0.3, -0.25) is 14.9 Å². The van der Waals surface area contributed by atoms with Gasteiger partial charge in [0.05, 0.1) is 10.5 Å². The minimum atomic E-state index is -1.12. The van der Waals surface area contributed by atoms with E-state index in [9.17, 15) is 19.7 Å². The fraction of sp³-hybridized carbons (Fsp3) is 0.130. The Kier molecular flexibility index (Phi) is 6.61. The van der Waals surface area contributed by atoms with Crippen LogP contribution < -0.4 is 10.6 Å². The molecule has 0 aliphatic rings. The smallest absolute Gasteiger partial charge is 0.341 e. The largest absolute Gasteiger partial charge is 0.449 e. The van der Waals surface area contributed by atoms with E-state index in [0.717, 1.165) is 17.2 Å². The first-order valence-corrected chi connectivity index (χ1v) is 9.53. The van der Waals surface area contributed by atoms with Gasteiger partial charge in [0, 0.05) is 36.1 Å². The zero-order valence-corrected chi connectivity index (χ0v) is 17.0. The molecule has 3 rings (SSSR count). The normalized spacial score (nSPS) is 11.3. The number of hydrogen-bond donors (Lipinski definition) is 2. The standard InChI is InChI=1S/C23H21N3O5/c1-15(31-23(28)19-14-17(26(29)30)12-13-20(19)24-2)22(27)25-21-11-7-6-10-18(21)16-8-4-3-5-9-16/h3-15,24H,1-2H3,(H,25,27)/t15-/m1/s1. The lowest BCUT2D eigenvalue weighted by molar-refractivity contribution is -0.384. The van der Waals surface area contributed by atoms with Crippen molar-refractivity contribution in [1.82, 2.24) is 0 Å². The number of para-hydroxylation sites is 1. The second-order valence-electron chi connectivity index (χ2n) is 6.69. The summed E-state index contributed by atoms with van der Waals surface area (Å²) in [5.74, 6) is -1.36. The maximum absolute atomic E-state index is 12.7. The Morgan fingerprint density at radius 2 is 1.65 bits per heavy atom. The fourth-order valence-corrected chi connectivity index (χ4v) is 3.01. The third-order valence-corrected chi connectivity index (χ3v) is 4.63. The molecule has 3 aromatic carbocycles.